The van der Waals surface area contributed by atoms with Gasteiger partial charge in [0.15, 0.2) is 0 Å². The van der Waals surface area contributed by atoms with Crippen LogP contribution >= 0.6 is 0 Å². The summed E-state index contributed by atoms with van der Waals surface area (Å²) in [5.41, 5.74) is 1.00. The molecule has 0 atom stereocenters. The molecule has 8 heteroatoms. The Morgan fingerprint density at radius 3 is 1.79 bits per heavy atom. The fourth-order valence-electron chi connectivity index (χ4n) is 2.48. The normalized spacial score (nSPS) is 11.9. The Kier molecular flexibility index (Phi) is 6.81. The van der Waals surface area contributed by atoms with Crippen molar-refractivity contribution in [2.24, 2.45) is 0 Å². The lowest BCUT2D eigenvalue weighted by atomic mass is 10.1. The monoisotopic (exact) mass is 417 g/mol. The van der Waals surface area contributed by atoms with Crippen LogP contribution in [-0.2, 0) is 10.0 Å². The molecule has 0 aliphatic rings. The molecule has 2 aromatic rings. The summed E-state index contributed by atoms with van der Waals surface area (Å²) in [5.74, 6) is -0.570. The van der Waals surface area contributed by atoms with Crippen molar-refractivity contribution in [2.45, 2.75) is 51.1 Å². The number of carbonyl (C=O) groups is 2. The molecule has 2 amide bonds. The fourth-order valence-corrected chi connectivity index (χ4v) is 3.74. The van der Waals surface area contributed by atoms with E-state index in [1.54, 1.807) is 38.1 Å². The van der Waals surface area contributed by atoms with E-state index < -0.39 is 10.0 Å². The van der Waals surface area contributed by atoms with Crippen molar-refractivity contribution in [3.8, 4) is 0 Å². The summed E-state index contributed by atoms with van der Waals surface area (Å²) < 4.78 is 26.8. The summed E-state index contributed by atoms with van der Waals surface area (Å²) in [6.45, 7) is 9.16. The van der Waals surface area contributed by atoms with Crippen molar-refractivity contribution in [2.75, 3.05) is 5.32 Å². The van der Waals surface area contributed by atoms with E-state index in [1.165, 1.54) is 24.3 Å². The average molecular weight is 418 g/mol. The Hall–Kier alpha value is -2.71. The molecule has 156 valence electrons. The third kappa shape index (κ3) is 6.69. The number of rotatable bonds is 6. The highest BCUT2D eigenvalue weighted by atomic mass is 32.2. The molecule has 0 saturated carbocycles. The number of benzene rings is 2. The summed E-state index contributed by atoms with van der Waals surface area (Å²) in [4.78, 5) is 24.6. The molecule has 0 aliphatic carbocycles. The molecular formula is C21H27N3O4S. The number of hydrogen-bond donors (Lipinski definition) is 3. The maximum absolute atomic E-state index is 12.4. The van der Waals surface area contributed by atoms with E-state index in [9.17, 15) is 18.0 Å². The van der Waals surface area contributed by atoms with Crippen molar-refractivity contribution in [3.05, 3.63) is 59.7 Å². The smallest absolute Gasteiger partial charge is 0.255 e. The zero-order valence-corrected chi connectivity index (χ0v) is 18.1. The largest absolute Gasteiger partial charge is 0.347 e. The SMILES string of the molecule is CC(C)NS(=O)(=O)c1ccc(C(=O)Nc2ccc(C(=O)NC(C)(C)C)cc2)cc1. The van der Waals surface area contributed by atoms with Gasteiger partial charge in [0.2, 0.25) is 10.0 Å². The lowest BCUT2D eigenvalue weighted by molar-refractivity contribution is 0.0919. The van der Waals surface area contributed by atoms with Crippen LogP contribution in [-0.4, -0.2) is 31.8 Å². The van der Waals surface area contributed by atoms with Gasteiger partial charge in [-0.2, -0.15) is 0 Å². The number of anilines is 1. The maximum atomic E-state index is 12.4. The zero-order chi connectivity index (χ0) is 21.8. The first kappa shape index (κ1) is 22.6. The van der Waals surface area contributed by atoms with Gasteiger partial charge in [-0.15, -0.1) is 0 Å². The molecule has 7 nitrogen and oxygen atoms in total. The number of sulfonamides is 1. The molecule has 2 aromatic carbocycles. The lowest BCUT2D eigenvalue weighted by Gasteiger charge is -2.20. The van der Waals surface area contributed by atoms with Crippen LogP contribution in [0, 0.1) is 0 Å². The summed E-state index contributed by atoms with van der Waals surface area (Å²) in [7, 11) is -3.61. The average Bonchev–Trinajstić information content (AvgIpc) is 2.60. The fraction of sp³-hybridized carbons (Fsp3) is 0.333. The van der Waals surface area contributed by atoms with Crippen LogP contribution in [0.3, 0.4) is 0 Å². The molecule has 0 radical (unpaired) electrons. The Bertz CT molecular complexity index is 974. The van der Waals surface area contributed by atoms with Gasteiger partial charge in [0.1, 0.15) is 0 Å². The van der Waals surface area contributed by atoms with Gasteiger partial charge in [-0.25, -0.2) is 13.1 Å². The molecule has 0 aliphatic heterocycles. The molecule has 0 unspecified atom stereocenters. The Morgan fingerprint density at radius 1 is 0.828 bits per heavy atom. The van der Waals surface area contributed by atoms with Gasteiger partial charge in [-0.05, 0) is 83.1 Å². The highest BCUT2D eigenvalue weighted by Gasteiger charge is 2.17. The highest BCUT2D eigenvalue weighted by molar-refractivity contribution is 7.89. The predicted octanol–water partition coefficient (Wildman–Crippen LogP) is 3.15. The second-order valence-corrected chi connectivity index (χ2v) is 9.75. The Balaban J connectivity index is 2.06. The molecule has 2 rings (SSSR count). The Morgan fingerprint density at radius 2 is 1.31 bits per heavy atom. The van der Waals surface area contributed by atoms with E-state index in [0.717, 1.165) is 0 Å². The van der Waals surface area contributed by atoms with E-state index in [2.05, 4.69) is 15.4 Å². The summed E-state index contributed by atoms with van der Waals surface area (Å²) in [6, 6.07) is 12.0. The Labute approximate surface area is 172 Å². The summed E-state index contributed by atoms with van der Waals surface area (Å²) in [6.07, 6.45) is 0. The van der Waals surface area contributed by atoms with E-state index >= 15 is 0 Å². The van der Waals surface area contributed by atoms with Crippen molar-refractivity contribution >= 4 is 27.5 Å². The molecular weight excluding hydrogens is 390 g/mol. The quantitative estimate of drug-likeness (QED) is 0.671. The van der Waals surface area contributed by atoms with Crippen molar-refractivity contribution in [1.29, 1.82) is 0 Å². The molecule has 0 saturated heterocycles. The molecule has 0 bridgehead atoms. The van der Waals surface area contributed by atoms with Gasteiger partial charge in [0, 0.05) is 28.4 Å². The lowest BCUT2D eigenvalue weighted by Crippen LogP contribution is -2.40. The van der Waals surface area contributed by atoms with Gasteiger partial charge in [-0.3, -0.25) is 9.59 Å². The number of carbonyl (C=O) groups excluding carboxylic acids is 2. The van der Waals surface area contributed by atoms with E-state index in [0.29, 0.717) is 16.8 Å². The first-order valence-corrected chi connectivity index (χ1v) is 10.7. The highest BCUT2D eigenvalue weighted by Crippen LogP contribution is 2.15. The van der Waals surface area contributed by atoms with E-state index in [-0.39, 0.29) is 28.3 Å². The van der Waals surface area contributed by atoms with Crippen molar-refractivity contribution in [1.82, 2.24) is 10.0 Å². The topological polar surface area (TPSA) is 104 Å². The minimum absolute atomic E-state index is 0.0944. The van der Waals surface area contributed by atoms with Gasteiger partial charge >= 0.3 is 0 Å². The van der Waals surface area contributed by atoms with Crippen LogP contribution in [0.4, 0.5) is 5.69 Å². The number of amides is 2. The second-order valence-electron chi connectivity index (χ2n) is 8.04. The number of hydrogen-bond acceptors (Lipinski definition) is 4. The van der Waals surface area contributed by atoms with Gasteiger partial charge < -0.3 is 10.6 Å². The maximum Gasteiger partial charge on any atom is 0.255 e. The second kappa shape index (κ2) is 8.75. The van der Waals surface area contributed by atoms with Crippen LogP contribution in [0.1, 0.15) is 55.3 Å². The van der Waals surface area contributed by atoms with Crippen LogP contribution < -0.4 is 15.4 Å². The van der Waals surface area contributed by atoms with Crippen LogP contribution in [0.2, 0.25) is 0 Å². The molecule has 3 N–H and O–H groups in total. The molecule has 29 heavy (non-hydrogen) atoms. The van der Waals surface area contributed by atoms with E-state index in [1.807, 2.05) is 20.8 Å². The van der Waals surface area contributed by atoms with Crippen molar-refractivity contribution in [3.63, 3.8) is 0 Å². The summed E-state index contributed by atoms with van der Waals surface area (Å²) >= 11 is 0. The minimum atomic E-state index is -3.61. The van der Waals surface area contributed by atoms with Gasteiger partial charge in [0.25, 0.3) is 11.8 Å². The van der Waals surface area contributed by atoms with Crippen LogP contribution in [0.25, 0.3) is 0 Å². The number of nitrogens with one attached hydrogen (secondary N) is 3. The first-order chi connectivity index (χ1) is 13.4. The third-order valence-electron chi connectivity index (χ3n) is 3.71. The van der Waals surface area contributed by atoms with Crippen molar-refractivity contribution < 1.29 is 18.0 Å². The van der Waals surface area contributed by atoms with Gasteiger partial charge in [0.05, 0.1) is 4.90 Å². The summed E-state index contributed by atoms with van der Waals surface area (Å²) in [5, 5.41) is 5.60. The van der Waals surface area contributed by atoms with Crippen LogP contribution in [0.5, 0.6) is 0 Å². The van der Waals surface area contributed by atoms with Crippen LogP contribution in [0.15, 0.2) is 53.4 Å². The third-order valence-corrected chi connectivity index (χ3v) is 5.39. The first-order valence-electron chi connectivity index (χ1n) is 9.24. The minimum Gasteiger partial charge on any atom is -0.347 e. The molecule has 0 aromatic heterocycles. The standard InChI is InChI=1S/C21H27N3O4S/c1-14(2)24-29(27,28)18-12-8-15(9-13-18)19(25)22-17-10-6-16(7-11-17)20(26)23-21(3,4)5/h6-14,24H,1-5H3,(H,22,25)(H,23,26). The zero-order valence-electron chi connectivity index (χ0n) is 17.2. The molecule has 0 fully saturated rings. The van der Waals surface area contributed by atoms with Gasteiger partial charge in [-0.1, -0.05) is 0 Å². The van der Waals surface area contributed by atoms with E-state index in [4.69, 9.17) is 0 Å². The molecule has 0 spiro atoms. The predicted molar refractivity (Wildman–Crippen MR) is 114 cm³/mol. The molecule has 0 heterocycles.